The highest BCUT2D eigenvalue weighted by molar-refractivity contribution is 14.1. The molecule has 35 heavy (non-hydrogen) atoms. The SMILES string of the molecule is Cc1c(I)c(N2CCC3(CN(C)CCO3)CC2(C)C)nn1C1CC2(C1)CN(C(=O)OC(C)(C)C)C2. The van der Waals surface area contributed by atoms with Gasteiger partial charge in [-0.15, -0.1) is 0 Å². The average molecular weight is 600 g/mol. The first-order valence-corrected chi connectivity index (χ1v) is 14.1. The Morgan fingerprint density at radius 3 is 2.46 bits per heavy atom. The van der Waals surface area contributed by atoms with Crippen LogP contribution in [0, 0.1) is 15.9 Å². The van der Waals surface area contributed by atoms with Gasteiger partial charge in [-0.1, -0.05) is 0 Å². The normalized spacial score (nSPS) is 28.8. The number of ether oxygens (including phenoxy) is 2. The highest BCUT2D eigenvalue weighted by Gasteiger charge is 2.56. The highest BCUT2D eigenvalue weighted by Crippen LogP contribution is 2.55. The fraction of sp³-hybridized carbons (Fsp3) is 0.846. The van der Waals surface area contributed by atoms with Gasteiger partial charge in [-0.2, -0.15) is 5.10 Å². The molecule has 5 rings (SSSR count). The number of anilines is 1. The van der Waals surface area contributed by atoms with Crippen LogP contribution in [0.2, 0.25) is 0 Å². The lowest BCUT2D eigenvalue weighted by Gasteiger charge is -2.58. The number of likely N-dealkylation sites (N-methyl/N-ethyl adjacent to an activating group) is 1. The Morgan fingerprint density at radius 1 is 1.17 bits per heavy atom. The maximum absolute atomic E-state index is 12.4. The van der Waals surface area contributed by atoms with E-state index in [1.165, 1.54) is 9.26 Å². The molecule has 3 saturated heterocycles. The summed E-state index contributed by atoms with van der Waals surface area (Å²) in [5, 5.41) is 5.20. The molecular weight excluding hydrogens is 557 g/mol. The summed E-state index contributed by atoms with van der Waals surface area (Å²) < 4.78 is 15.5. The van der Waals surface area contributed by atoms with Gasteiger partial charge in [-0.25, -0.2) is 4.79 Å². The number of likely N-dealkylation sites (tertiary alicyclic amines) is 1. The minimum Gasteiger partial charge on any atom is -0.444 e. The van der Waals surface area contributed by atoms with Crippen molar-refractivity contribution in [3.8, 4) is 0 Å². The molecule has 1 aromatic rings. The van der Waals surface area contributed by atoms with Crippen LogP contribution in [0.25, 0.3) is 0 Å². The standard InChI is InChI=1S/C26H42IN5O3/c1-18-20(27)21(31-9-8-26(14-24(31,5)6)17-29(7)10-11-34-26)28-32(18)19-12-25(13-19)15-30(16-25)22(33)35-23(2,3)4/h19H,8-17H2,1-7H3. The summed E-state index contributed by atoms with van der Waals surface area (Å²) in [6.45, 7) is 18.1. The summed E-state index contributed by atoms with van der Waals surface area (Å²) in [6.07, 6.45) is 4.03. The lowest BCUT2D eigenvalue weighted by atomic mass is 9.61. The second kappa shape index (κ2) is 8.48. The largest absolute Gasteiger partial charge is 0.444 e. The third-order valence-electron chi connectivity index (χ3n) is 8.42. The Labute approximate surface area is 223 Å². The molecule has 0 bridgehead atoms. The smallest absolute Gasteiger partial charge is 0.410 e. The Balaban J connectivity index is 1.24. The number of morpholine rings is 1. The summed E-state index contributed by atoms with van der Waals surface area (Å²) in [6, 6.07) is 0.410. The molecule has 0 radical (unpaired) electrons. The van der Waals surface area contributed by atoms with Crippen LogP contribution in [0.15, 0.2) is 0 Å². The van der Waals surface area contributed by atoms with E-state index < -0.39 is 5.60 Å². The number of aromatic nitrogens is 2. The summed E-state index contributed by atoms with van der Waals surface area (Å²) in [7, 11) is 2.21. The predicted octanol–water partition coefficient (Wildman–Crippen LogP) is 4.45. The Morgan fingerprint density at radius 2 is 1.86 bits per heavy atom. The summed E-state index contributed by atoms with van der Waals surface area (Å²) in [4.78, 5) is 19.1. The van der Waals surface area contributed by atoms with Crippen molar-refractivity contribution in [3.63, 3.8) is 0 Å². The molecule has 1 aliphatic carbocycles. The number of nitrogens with zero attached hydrogens (tertiary/aromatic N) is 5. The van der Waals surface area contributed by atoms with Gasteiger partial charge in [0.1, 0.15) is 5.60 Å². The van der Waals surface area contributed by atoms with Gasteiger partial charge >= 0.3 is 6.09 Å². The van der Waals surface area contributed by atoms with E-state index in [1.807, 2.05) is 25.7 Å². The van der Waals surface area contributed by atoms with Crippen LogP contribution >= 0.6 is 22.6 Å². The number of carbonyl (C=O) groups excluding carboxylic acids is 1. The van der Waals surface area contributed by atoms with E-state index in [1.54, 1.807) is 0 Å². The molecule has 1 saturated carbocycles. The first-order chi connectivity index (χ1) is 16.2. The van der Waals surface area contributed by atoms with Crippen LogP contribution in [0.4, 0.5) is 10.6 Å². The molecule has 2 spiro atoms. The minimum absolute atomic E-state index is 0.0231. The molecule has 1 unspecified atom stereocenters. The molecule has 0 N–H and O–H groups in total. The number of halogens is 1. The van der Waals surface area contributed by atoms with Gasteiger partial charge in [0.2, 0.25) is 0 Å². The van der Waals surface area contributed by atoms with E-state index in [-0.39, 0.29) is 22.6 Å². The van der Waals surface area contributed by atoms with Crippen LogP contribution in [0.5, 0.6) is 0 Å². The van der Waals surface area contributed by atoms with Gasteiger partial charge in [-0.05, 0) is 90.4 Å². The fourth-order valence-corrected chi connectivity index (χ4v) is 7.52. The van der Waals surface area contributed by atoms with Crippen molar-refractivity contribution in [1.82, 2.24) is 19.6 Å². The molecule has 4 heterocycles. The van der Waals surface area contributed by atoms with Gasteiger partial charge < -0.3 is 24.2 Å². The quantitative estimate of drug-likeness (QED) is 0.469. The maximum atomic E-state index is 12.4. The average Bonchev–Trinajstić information content (AvgIpc) is 2.92. The molecule has 196 valence electrons. The lowest BCUT2D eigenvalue weighted by molar-refractivity contribution is -0.127. The van der Waals surface area contributed by atoms with Crippen molar-refractivity contribution < 1.29 is 14.3 Å². The van der Waals surface area contributed by atoms with Gasteiger partial charge in [0.05, 0.1) is 27.5 Å². The van der Waals surface area contributed by atoms with Crippen molar-refractivity contribution in [2.45, 2.75) is 90.0 Å². The van der Waals surface area contributed by atoms with Crippen molar-refractivity contribution >= 4 is 34.5 Å². The van der Waals surface area contributed by atoms with Crippen LogP contribution in [-0.4, -0.2) is 88.8 Å². The monoisotopic (exact) mass is 599 g/mol. The number of amides is 1. The Kier molecular flexibility index (Phi) is 6.19. The van der Waals surface area contributed by atoms with E-state index in [0.29, 0.717) is 6.04 Å². The van der Waals surface area contributed by atoms with Gasteiger partial charge in [-0.3, -0.25) is 4.68 Å². The third-order valence-corrected chi connectivity index (χ3v) is 9.68. The van der Waals surface area contributed by atoms with Crippen molar-refractivity contribution in [1.29, 1.82) is 0 Å². The van der Waals surface area contributed by atoms with Gasteiger partial charge in [0.15, 0.2) is 5.82 Å². The highest BCUT2D eigenvalue weighted by atomic mass is 127. The molecule has 3 aliphatic heterocycles. The van der Waals surface area contributed by atoms with E-state index in [2.05, 4.69) is 64.9 Å². The second-order valence-corrected chi connectivity index (χ2v) is 14.3. The summed E-state index contributed by atoms with van der Waals surface area (Å²) in [5.41, 5.74) is 0.994. The zero-order valence-corrected chi connectivity index (χ0v) is 24.6. The summed E-state index contributed by atoms with van der Waals surface area (Å²) in [5.74, 6) is 1.12. The molecule has 4 fully saturated rings. The predicted molar refractivity (Wildman–Crippen MR) is 145 cm³/mol. The zero-order chi connectivity index (χ0) is 25.4. The minimum atomic E-state index is -0.442. The lowest BCUT2D eigenvalue weighted by Crippen LogP contribution is -2.64. The number of hydrogen-bond donors (Lipinski definition) is 0. The van der Waals surface area contributed by atoms with Gasteiger partial charge in [0.25, 0.3) is 0 Å². The molecule has 1 amide bonds. The Hall–Kier alpha value is -1.07. The summed E-state index contributed by atoms with van der Waals surface area (Å²) >= 11 is 2.49. The number of rotatable bonds is 2. The van der Waals surface area contributed by atoms with Crippen molar-refractivity contribution in [2.75, 3.05) is 51.3 Å². The van der Waals surface area contributed by atoms with Crippen LogP contribution < -0.4 is 4.90 Å². The third kappa shape index (κ3) is 4.69. The molecule has 1 atom stereocenters. The molecule has 1 aromatic heterocycles. The number of carbonyl (C=O) groups is 1. The van der Waals surface area contributed by atoms with Crippen molar-refractivity contribution in [2.24, 2.45) is 5.41 Å². The van der Waals surface area contributed by atoms with E-state index >= 15 is 0 Å². The molecule has 8 nitrogen and oxygen atoms in total. The van der Waals surface area contributed by atoms with E-state index in [0.717, 1.165) is 70.8 Å². The van der Waals surface area contributed by atoms with Crippen LogP contribution in [0.1, 0.15) is 72.0 Å². The second-order valence-electron chi connectivity index (χ2n) is 13.2. The van der Waals surface area contributed by atoms with E-state index in [9.17, 15) is 4.79 Å². The topological polar surface area (TPSA) is 63.1 Å². The molecule has 4 aliphatic rings. The van der Waals surface area contributed by atoms with Crippen LogP contribution in [-0.2, 0) is 9.47 Å². The first kappa shape index (κ1) is 25.6. The molecular formula is C26H42IN5O3. The number of piperidine rings is 1. The van der Waals surface area contributed by atoms with Crippen molar-refractivity contribution in [3.05, 3.63) is 9.26 Å². The fourth-order valence-electron chi connectivity index (χ4n) is 6.88. The number of hydrogen-bond acceptors (Lipinski definition) is 6. The maximum Gasteiger partial charge on any atom is 0.410 e. The van der Waals surface area contributed by atoms with E-state index in [4.69, 9.17) is 14.6 Å². The molecule has 0 aromatic carbocycles. The first-order valence-electron chi connectivity index (χ1n) is 13.0. The zero-order valence-electron chi connectivity index (χ0n) is 22.5. The van der Waals surface area contributed by atoms with Crippen LogP contribution in [0.3, 0.4) is 0 Å². The molecule has 9 heteroatoms. The Bertz CT molecular complexity index is 988. The van der Waals surface area contributed by atoms with Gasteiger partial charge in [0, 0.05) is 50.1 Å².